The number of halogens is 4. The topological polar surface area (TPSA) is 60.1 Å². The molecule has 0 aromatic rings. The molecule has 1 aliphatic heterocycles. The molecule has 0 amide bonds. The van der Waals surface area contributed by atoms with E-state index in [1.54, 1.807) is 0 Å². The lowest BCUT2D eigenvalue weighted by Gasteiger charge is -2.27. The fourth-order valence-electron chi connectivity index (χ4n) is 1.44. The summed E-state index contributed by atoms with van der Waals surface area (Å²) in [5, 5.41) is 0. The number of guanidine groups is 1. The standard InChI is InChI=1S/C10H18F3N3O2.HI/c11-10(12,13)8-18-5-1-2-15-9(14)16-3-6-17-7-4-16;/h1-8H2,(H2,14,15);1H. The highest BCUT2D eigenvalue weighted by Gasteiger charge is 2.27. The Bertz CT molecular complexity index is 271. The maximum atomic E-state index is 11.7. The lowest BCUT2D eigenvalue weighted by molar-refractivity contribution is -0.173. The van der Waals surface area contributed by atoms with E-state index in [0.29, 0.717) is 45.2 Å². The van der Waals surface area contributed by atoms with Gasteiger partial charge < -0.3 is 20.1 Å². The van der Waals surface area contributed by atoms with Gasteiger partial charge in [-0.05, 0) is 6.42 Å². The molecule has 0 radical (unpaired) electrons. The summed E-state index contributed by atoms with van der Waals surface area (Å²) in [6.07, 6.45) is -3.85. The van der Waals surface area contributed by atoms with Crippen molar-refractivity contribution in [1.82, 2.24) is 4.90 Å². The number of rotatable bonds is 5. The summed E-state index contributed by atoms with van der Waals surface area (Å²) in [7, 11) is 0. The summed E-state index contributed by atoms with van der Waals surface area (Å²) >= 11 is 0. The van der Waals surface area contributed by atoms with E-state index in [1.807, 2.05) is 4.90 Å². The zero-order valence-electron chi connectivity index (χ0n) is 10.5. The van der Waals surface area contributed by atoms with Crippen LogP contribution in [0.5, 0.6) is 0 Å². The van der Waals surface area contributed by atoms with Crippen LogP contribution in [0.15, 0.2) is 4.99 Å². The Morgan fingerprint density at radius 1 is 1.32 bits per heavy atom. The van der Waals surface area contributed by atoms with Crippen LogP contribution < -0.4 is 5.73 Å². The van der Waals surface area contributed by atoms with Gasteiger partial charge in [0.15, 0.2) is 5.96 Å². The predicted molar refractivity (Wildman–Crippen MR) is 75.8 cm³/mol. The Balaban J connectivity index is 0.00000324. The second-order valence-corrected chi connectivity index (χ2v) is 3.86. The molecule has 1 aliphatic rings. The van der Waals surface area contributed by atoms with Gasteiger partial charge in [-0.25, -0.2) is 0 Å². The molecular formula is C10H19F3IN3O2. The molecule has 0 atom stereocenters. The zero-order chi connectivity index (χ0) is 13.4. The Kier molecular flexibility index (Phi) is 9.44. The number of ether oxygens (including phenoxy) is 2. The number of hydrogen-bond acceptors (Lipinski definition) is 3. The SMILES string of the molecule is I.NC(=NCCCOCC(F)(F)F)N1CCOCC1. The molecule has 5 nitrogen and oxygen atoms in total. The van der Waals surface area contributed by atoms with Crippen molar-refractivity contribution >= 4 is 29.9 Å². The minimum absolute atomic E-state index is 0. The molecule has 1 saturated heterocycles. The molecule has 0 bridgehead atoms. The average Bonchev–Trinajstić information content (AvgIpc) is 2.33. The first-order valence-corrected chi connectivity index (χ1v) is 5.76. The third-order valence-electron chi connectivity index (χ3n) is 2.32. The van der Waals surface area contributed by atoms with E-state index in [-0.39, 0.29) is 30.6 Å². The molecule has 2 N–H and O–H groups in total. The van der Waals surface area contributed by atoms with Crippen molar-refractivity contribution < 1.29 is 22.6 Å². The van der Waals surface area contributed by atoms with Gasteiger partial charge in [0.25, 0.3) is 0 Å². The molecule has 9 heteroatoms. The van der Waals surface area contributed by atoms with Crippen molar-refractivity contribution in [2.45, 2.75) is 12.6 Å². The summed E-state index contributed by atoms with van der Waals surface area (Å²) in [6, 6.07) is 0. The third kappa shape index (κ3) is 9.27. The van der Waals surface area contributed by atoms with Gasteiger partial charge in [-0.2, -0.15) is 13.2 Å². The van der Waals surface area contributed by atoms with Crippen molar-refractivity contribution in [3.8, 4) is 0 Å². The van der Waals surface area contributed by atoms with Crippen LogP contribution in [-0.2, 0) is 9.47 Å². The van der Waals surface area contributed by atoms with Crippen molar-refractivity contribution in [3.05, 3.63) is 0 Å². The number of aliphatic imine (C=N–C) groups is 1. The summed E-state index contributed by atoms with van der Waals surface area (Å²) in [5.41, 5.74) is 5.73. The highest BCUT2D eigenvalue weighted by molar-refractivity contribution is 14.0. The number of alkyl halides is 3. The summed E-state index contributed by atoms with van der Waals surface area (Å²) in [4.78, 5) is 5.97. The largest absolute Gasteiger partial charge is 0.411 e. The van der Waals surface area contributed by atoms with Crippen LogP contribution in [0, 0.1) is 0 Å². The molecule has 1 rings (SSSR count). The van der Waals surface area contributed by atoms with E-state index in [1.165, 1.54) is 0 Å². The first-order chi connectivity index (χ1) is 8.49. The second-order valence-electron chi connectivity index (χ2n) is 3.86. The minimum atomic E-state index is -4.27. The first kappa shape index (κ1) is 18.7. The number of nitrogens with two attached hydrogens (primary N) is 1. The Hall–Kier alpha value is -0.290. The highest BCUT2D eigenvalue weighted by atomic mass is 127. The van der Waals surface area contributed by atoms with Crippen molar-refractivity contribution in [2.24, 2.45) is 10.7 Å². The summed E-state index contributed by atoms with van der Waals surface area (Å²) in [5.74, 6) is 0.411. The molecule has 0 aromatic carbocycles. The van der Waals surface area contributed by atoms with Crippen molar-refractivity contribution in [1.29, 1.82) is 0 Å². The van der Waals surface area contributed by atoms with E-state index in [0.717, 1.165) is 0 Å². The molecule has 0 saturated carbocycles. The Labute approximate surface area is 127 Å². The van der Waals surface area contributed by atoms with Crippen LogP contribution in [-0.4, -0.2) is 63.1 Å². The van der Waals surface area contributed by atoms with Gasteiger partial charge in [0.05, 0.1) is 13.2 Å². The minimum Gasteiger partial charge on any atom is -0.378 e. The van der Waals surface area contributed by atoms with Gasteiger partial charge in [0, 0.05) is 26.2 Å². The molecule has 0 spiro atoms. The summed E-state index contributed by atoms with van der Waals surface area (Å²) < 4.78 is 44.9. The number of hydrogen-bond donors (Lipinski definition) is 1. The van der Waals surface area contributed by atoms with Crippen LogP contribution in [0.4, 0.5) is 13.2 Å². The maximum Gasteiger partial charge on any atom is 0.411 e. The smallest absolute Gasteiger partial charge is 0.378 e. The number of nitrogens with zero attached hydrogens (tertiary/aromatic N) is 2. The first-order valence-electron chi connectivity index (χ1n) is 5.76. The molecule has 0 aromatic heterocycles. The molecular weight excluding hydrogens is 378 g/mol. The molecule has 0 unspecified atom stereocenters. The van der Waals surface area contributed by atoms with Crippen LogP contribution in [0.3, 0.4) is 0 Å². The normalized spacial score (nSPS) is 17.2. The van der Waals surface area contributed by atoms with Gasteiger partial charge >= 0.3 is 6.18 Å². The Morgan fingerprint density at radius 3 is 2.53 bits per heavy atom. The van der Waals surface area contributed by atoms with E-state index >= 15 is 0 Å². The number of morpholine rings is 1. The van der Waals surface area contributed by atoms with Crippen LogP contribution in [0.2, 0.25) is 0 Å². The van der Waals surface area contributed by atoms with E-state index in [2.05, 4.69) is 9.73 Å². The maximum absolute atomic E-state index is 11.7. The molecule has 1 fully saturated rings. The molecule has 1 heterocycles. The van der Waals surface area contributed by atoms with Gasteiger partial charge in [-0.1, -0.05) is 0 Å². The van der Waals surface area contributed by atoms with Crippen LogP contribution in [0.25, 0.3) is 0 Å². The van der Waals surface area contributed by atoms with E-state index in [9.17, 15) is 13.2 Å². The van der Waals surface area contributed by atoms with Crippen molar-refractivity contribution in [3.63, 3.8) is 0 Å². The fourth-order valence-corrected chi connectivity index (χ4v) is 1.44. The molecule has 0 aliphatic carbocycles. The fraction of sp³-hybridized carbons (Fsp3) is 0.900. The van der Waals surface area contributed by atoms with Crippen molar-refractivity contribution in [2.75, 3.05) is 46.1 Å². The van der Waals surface area contributed by atoms with Gasteiger partial charge in [-0.15, -0.1) is 24.0 Å². The molecule has 114 valence electrons. The predicted octanol–water partition coefficient (Wildman–Crippen LogP) is 1.22. The zero-order valence-corrected chi connectivity index (χ0v) is 12.8. The van der Waals surface area contributed by atoms with Crippen LogP contribution in [0.1, 0.15) is 6.42 Å². The van der Waals surface area contributed by atoms with Crippen LogP contribution >= 0.6 is 24.0 Å². The molecule has 19 heavy (non-hydrogen) atoms. The van der Waals surface area contributed by atoms with E-state index in [4.69, 9.17) is 10.5 Å². The second kappa shape index (κ2) is 9.59. The quantitative estimate of drug-likeness (QED) is 0.328. The lowest BCUT2D eigenvalue weighted by atomic mass is 10.4. The van der Waals surface area contributed by atoms with Gasteiger partial charge in [0.1, 0.15) is 6.61 Å². The average molecular weight is 397 g/mol. The lowest BCUT2D eigenvalue weighted by Crippen LogP contribution is -2.44. The monoisotopic (exact) mass is 397 g/mol. The van der Waals surface area contributed by atoms with Gasteiger partial charge in [0.2, 0.25) is 0 Å². The van der Waals surface area contributed by atoms with Gasteiger partial charge in [-0.3, -0.25) is 4.99 Å². The third-order valence-corrected chi connectivity index (χ3v) is 2.32. The van der Waals surface area contributed by atoms with E-state index < -0.39 is 12.8 Å². The Morgan fingerprint density at radius 2 is 1.95 bits per heavy atom. The summed E-state index contributed by atoms with van der Waals surface area (Å²) in [6.45, 7) is 1.80. The highest BCUT2D eigenvalue weighted by Crippen LogP contribution is 2.14.